The minimum atomic E-state index is -0.396. The quantitative estimate of drug-likeness (QED) is 0.776. The number of benzene rings is 2. The van der Waals surface area contributed by atoms with Gasteiger partial charge in [0.25, 0.3) is 0 Å². The Hall–Kier alpha value is -1.42. The maximum absolute atomic E-state index is 13.9. The monoisotopic (exact) mass is 339 g/mol. The lowest BCUT2D eigenvalue weighted by Crippen LogP contribution is -2.10. The van der Waals surface area contributed by atoms with Crippen LogP contribution < -0.4 is 5.32 Å². The van der Waals surface area contributed by atoms with Crippen molar-refractivity contribution in [2.75, 3.05) is 5.32 Å². The van der Waals surface area contributed by atoms with E-state index < -0.39 is 11.6 Å². The molecule has 1 N–H and O–H groups in total. The van der Waals surface area contributed by atoms with Gasteiger partial charge in [-0.2, -0.15) is 0 Å². The van der Waals surface area contributed by atoms with Crippen molar-refractivity contribution in [1.82, 2.24) is 0 Å². The molecular formula is C16H16BrF2N. The van der Waals surface area contributed by atoms with Gasteiger partial charge in [0.05, 0.1) is 6.04 Å². The Balaban J connectivity index is 2.30. The molecule has 0 fully saturated rings. The molecule has 0 bridgehead atoms. The fourth-order valence-electron chi connectivity index (χ4n) is 2.05. The molecule has 0 saturated heterocycles. The highest BCUT2D eigenvalue weighted by Gasteiger charge is 2.14. The van der Waals surface area contributed by atoms with Gasteiger partial charge in [0.1, 0.15) is 11.6 Å². The molecule has 2 rings (SSSR count). The van der Waals surface area contributed by atoms with Gasteiger partial charge in [0, 0.05) is 15.7 Å². The summed E-state index contributed by atoms with van der Waals surface area (Å²) >= 11 is 3.45. The molecule has 20 heavy (non-hydrogen) atoms. The van der Waals surface area contributed by atoms with E-state index in [1.54, 1.807) is 6.92 Å². The third kappa shape index (κ3) is 3.18. The zero-order valence-corrected chi connectivity index (χ0v) is 13.2. The van der Waals surface area contributed by atoms with Crippen molar-refractivity contribution in [2.24, 2.45) is 0 Å². The van der Waals surface area contributed by atoms with Gasteiger partial charge >= 0.3 is 0 Å². The Morgan fingerprint density at radius 1 is 1.05 bits per heavy atom. The summed E-state index contributed by atoms with van der Waals surface area (Å²) in [4.78, 5) is 0. The zero-order chi connectivity index (χ0) is 14.9. The van der Waals surface area contributed by atoms with Crippen molar-refractivity contribution >= 4 is 21.6 Å². The Kier molecular flexibility index (Phi) is 4.43. The second-order valence-electron chi connectivity index (χ2n) is 4.97. The number of hydrogen-bond acceptors (Lipinski definition) is 1. The van der Waals surface area contributed by atoms with Gasteiger partial charge in [-0.15, -0.1) is 0 Å². The van der Waals surface area contributed by atoms with Crippen LogP contribution in [-0.4, -0.2) is 0 Å². The molecule has 0 heterocycles. The Bertz CT molecular complexity index is 641. The van der Waals surface area contributed by atoms with Gasteiger partial charge in [-0.3, -0.25) is 0 Å². The van der Waals surface area contributed by atoms with Crippen LogP contribution in [-0.2, 0) is 0 Å². The van der Waals surface area contributed by atoms with Crippen LogP contribution in [0.15, 0.2) is 34.8 Å². The fraction of sp³-hybridized carbons (Fsp3) is 0.250. The first-order chi connectivity index (χ1) is 9.38. The summed E-state index contributed by atoms with van der Waals surface area (Å²) in [7, 11) is 0. The average Bonchev–Trinajstić information content (AvgIpc) is 2.38. The van der Waals surface area contributed by atoms with Crippen LogP contribution in [0, 0.1) is 25.5 Å². The lowest BCUT2D eigenvalue weighted by molar-refractivity contribution is 0.571. The van der Waals surface area contributed by atoms with Crippen molar-refractivity contribution in [2.45, 2.75) is 26.8 Å². The van der Waals surface area contributed by atoms with Gasteiger partial charge < -0.3 is 5.32 Å². The van der Waals surface area contributed by atoms with Crippen LogP contribution >= 0.6 is 15.9 Å². The summed E-state index contributed by atoms with van der Waals surface area (Å²) in [5, 5.41) is 3.20. The van der Waals surface area contributed by atoms with E-state index in [2.05, 4.69) is 21.2 Å². The lowest BCUT2D eigenvalue weighted by Gasteiger charge is -2.18. The highest BCUT2D eigenvalue weighted by molar-refractivity contribution is 9.10. The average molecular weight is 340 g/mol. The van der Waals surface area contributed by atoms with Gasteiger partial charge in [-0.1, -0.05) is 6.07 Å². The number of anilines is 1. The van der Waals surface area contributed by atoms with E-state index in [1.807, 2.05) is 32.0 Å². The number of nitrogens with one attached hydrogen (secondary N) is 1. The molecule has 0 radical (unpaired) electrons. The van der Waals surface area contributed by atoms with E-state index in [9.17, 15) is 8.78 Å². The van der Waals surface area contributed by atoms with Crippen molar-refractivity contribution in [3.63, 3.8) is 0 Å². The standard InChI is InChI=1S/C16H16BrF2N/c1-9-4-5-13(17)16(6-9)20-11(3)12-8-14(18)10(2)7-15(12)19/h4-8,11,20H,1-3H3. The zero-order valence-electron chi connectivity index (χ0n) is 11.6. The van der Waals surface area contributed by atoms with Crippen LogP contribution in [0.3, 0.4) is 0 Å². The summed E-state index contributed by atoms with van der Waals surface area (Å²) in [6.45, 7) is 5.34. The van der Waals surface area contributed by atoms with Gasteiger partial charge in [-0.25, -0.2) is 8.78 Å². The first kappa shape index (κ1) is 15.0. The highest BCUT2D eigenvalue weighted by atomic mass is 79.9. The van der Waals surface area contributed by atoms with Crippen LogP contribution in [0.1, 0.15) is 29.7 Å². The third-order valence-electron chi connectivity index (χ3n) is 3.24. The Morgan fingerprint density at radius 2 is 1.75 bits per heavy atom. The smallest absolute Gasteiger partial charge is 0.128 e. The van der Waals surface area contributed by atoms with Gasteiger partial charge in [-0.05, 0) is 72.1 Å². The third-order valence-corrected chi connectivity index (χ3v) is 3.93. The molecule has 0 aliphatic rings. The molecular weight excluding hydrogens is 324 g/mol. The first-order valence-electron chi connectivity index (χ1n) is 6.36. The fourth-order valence-corrected chi connectivity index (χ4v) is 2.42. The molecule has 0 amide bonds. The van der Waals surface area contributed by atoms with E-state index in [0.29, 0.717) is 11.1 Å². The molecule has 2 aromatic carbocycles. The van der Waals surface area contributed by atoms with Crippen LogP contribution in [0.5, 0.6) is 0 Å². The van der Waals surface area contributed by atoms with Crippen molar-refractivity contribution in [3.8, 4) is 0 Å². The van der Waals surface area contributed by atoms with Crippen molar-refractivity contribution < 1.29 is 8.78 Å². The van der Waals surface area contributed by atoms with Crippen molar-refractivity contribution in [1.29, 1.82) is 0 Å². The Morgan fingerprint density at radius 3 is 2.45 bits per heavy atom. The molecule has 0 aliphatic carbocycles. The summed E-state index contributed by atoms with van der Waals surface area (Å²) < 4.78 is 28.4. The molecule has 1 atom stereocenters. The molecule has 4 heteroatoms. The summed E-state index contributed by atoms with van der Waals surface area (Å²) in [5.41, 5.74) is 2.59. The SMILES string of the molecule is Cc1ccc(Br)c(NC(C)c2cc(F)c(C)cc2F)c1. The molecule has 1 unspecified atom stereocenters. The predicted octanol–water partition coefficient (Wildman–Crippen LogP) is 5.52. The van der Waals surface area contributed by atoms with Crippen molar-refractivity contribution in [3.05, 3.63) is 63.1 Å². The molecule has 0 spiro atoms. The number of rotatable bonds is 3. The first-order valence-corrected chi connectivity index (χ1v) is 7.16. The Labute approximate surface area is 126 Å². The molecule has 0 saturated carbocycles. The lowest BCUT2D eigenvalue weighted by atomic mass is 10.0. The van der Waals surface area contributed by atoms with E-state index in [-0.39, 0.29) is 6.04 Å². The number of hydrogen-bond donors (Lipinski definition) is 1. The second kappa shape index (κ2) is 5.92. The summed E-state index contributed by atoms with van der Waals surface area (Å²) in [6, 6.07) is 8.02. The minimum absolute atomic E-state index is 0.315. The summed E-state index contributed by atoms with van der Waals surface area (Å²) in [6.07, 6.45) is 0. The highest BCUT2D eigenvalue weighted by Crippen LogP contribution is 2.29. The normalized spacial score (nSPS) is 12.3. The maximum Gasteiger partial charge on any atom is 0.128 e. The van der Waals surface area contributed by atoms with Gasteiger partial charge in [0.15, 0.2) is 0 Å². The topological polar surface area (TPSA) is 12.0 Å². The largest absolute Gasteiger partial charge is 0.377 e. The van der Waals surface area contributed by atoms with Crippen LogP contribution in [0.25, 0.3) is 0 Å². The van der Waals surface area contributed by atoms with E-state index >= 15 is 0 Å². The van der Waals surface area contributed by atoms with E-state index in [1.165, 1.54) is 12.1 Å². The number of aryl methyl sites for hydroxylation is 2. The molecule has 106 valence electrons. The molecule has 1 nitrogen and oxygen atoms in total. The van der Waals surface area contributed by atoms with E-state index in [0.717, 1.165) is 15.7 Å². The molecule has 0 aliphatic heterocycles. The van der Waals surface area contributed by atoms with Crippen LogP contribution in [0.4, 0.5) is 14.5 Å². The van der Waals surface area contributed by atoms with Gasteiger partial charge in [0.2, 0.25) is 0 Å². The molecule has 2 aromatic rings. The second-order valence-corrected chi connectivity index (χ2v) is 5.83. The summed E-state index contributed by atoms with van der Waals surface area (Å²) in [5.74, 6) is -0.786. The maximum atomic E-state index is 13.9. The molecule has 0 aromatic heterocycles. The minimum Gasteiger partial charge on any atom is -0.377 e. The predicted molar refractivity (Wildman–Crippen MR) is 82.0 cm³/mol. The van der Waals surface area contributed by atoms with E-state index in [4.69, 9.17) is 0 Å². The van der Waals surface area contributed by atoms with Crippen LogP contribution in [0.2, 0.25) is 0 Å². The number of halogens is 3.